The Morgan fingerprint density at radius 2 is 2.08 bits per heavy atom. The topological polar surface area (TPSA) is 58.6 Å². The average Bonchev–Trinajstić information content (AvgIpc) is 3.33. The van der Waals surface area contributed by atoms with Gasteiger partial charge in [-0.15, -0.1) is 11.3 Å². The summed E-state index contributed by atoms with van der Waals surface area (Å²) in [6.45, 7) is 1.20. The van der Waals surface area contributed by atoms with Crippen molar-refractivity contribution in [2.45, 2.75) is 25.3 Å². The van der Waals surface area contributed by atoms with E-state index in [4.69, 9.17) is 4.74 Å². The van der Waals surface area contributed by atoms with Crippen molar-refractivity contribution in [3.63, 3.8) is 0 Å². The van der Waals surface area contributed by atoms with Gasteiger partial charge in [0.05, 0.1) is 12.0 Å². The van der Waals surface area contributed by atoms with Crippen LogP contribution in [0, 0.1) is 0 Å². The molecular formula is C19H22N2O3S. The predicted octanol–water partition coefficient (Wildman–Crippen LogP) is 2.72. The summed E-state index contributed by atoms with van der Waals surface area (Å²) in [5.41, 5.74) is 1.14. The number of carbonyl (C=O) groups is 2. The van der Waals surface area contributed by atoms with Gasteiger partial charge in [-0.1, -0.05) is 18.2 Å². The molecule has 1 fully saturated rings. The summed E-state index contributed by atoms with van der Waals surface area (Å²) >= 11 is 1.42. The van der Waals surface area contributed by atoms with Crippen molar-refractivity contribution >= 4 is 23.2 Å². The van der Waals surface area contributed by atoms with Crippen molar-refractivity contribution < 1.29 is 14.3 Å². The summed E-state index contributed by atoms with van der Waals surface area (Å²) in [5, 5.41) is 4.85. The Morgan fingerprint density at radius 3 is 2.76 bits per heavy atom. The number of amides is 2. The van der Waals surface area contributed by atoms with Crippen LogP contribution in [0.5, 0.6) is 5.75 Å². The third-order valence-electron chi connectivity index (χ3n) is 4.42. The monoisotopic (exact) mass is 358 g/mol. The average molecular weight is 358 g/mol. The molecular weight excluding hydrogens is 336 g/mol. The van der Waals surface area contributed by atoms with E-state index >= 15 is 0 Å². The highest BCUT2D eigenvalue weighted by Gasteiger charge is 2.34. The van der Waals surface area contributed by atoms with Gasteiger partial charge in [-0.2, -0.15) is 0 Å². The molecule has 1 saturated heterocycles. The van der Waals surface area contributed by atoms with Crippen LogP contribution in [0.2, 0.25) is 0 Å². The number of rotatable bonds is 6. The van der Waals surface area contributed by atoms with Crippen LogP contribution in [0.25, 0.3) is 0 Å². The molecule has 5 nitrogen and oxygen atoms in total. The van der Waals surface area contributed by atoms with E-state index in [-0.39, 0.29) is 17.9 Å². The van der Waals surface area contributed by atoms with Crippen molar-refractivity contribution in [2.75, 3.05) is 20.2 Å². The summed E-state index contributed by atoms with van der Waals surface area (Å²) in [7, 11) is 1.64. The summed E-state index contributed by atoms with van der Waals surface area (Å²) in [6.07, 6.45) is 2.35. The Bertz CT molecular complexity index is 713. The predicted molar refractivity (Wildman–Crippen MR) is 98.1 cm³/mol. The van der Waals surface area contributed by atoms with Gasteiger partial charge in [0.15, 0.2) is 0 Å². The van der Waals surface area contributed by atoms with Gasteiger partial charge in [0, 0.05) is 13.1 Å². The van der Waals surface area contributed by atoms with Gasteiger partial charge in [-0.3, -0.25) is 9.59 Å². The van der Waals surface area contributed by atoms with E-state index in [9.17, 15) is 9.59 Å². The first-order chi connectivity index (χ1) is 12.2. The van der Waals surface area contributed by atoms with E-state index in [0.29, 0.717) is 18.0 Å². The number of ether oxygens (including phenoxy) is 1. The lowest BCUT2D eigenvalue weighted by Crippen LogP contribution is -2.46. The second kappa shape index (κ2) is 8.16. The van der Waals surface area contributed by atoms with Crippen molar-refractivity contribution in [3.8, 4) is 5.75 Å². The molecule has 3 rings (SSSR count). The number of methoxy groups -OCH3 is 1. The quantitative estimate of drug-likeness (QED) is 0.864. The molecule has 2 aromatic rings. The fourth-order valence-electron chi connectivity index (χ4n) is 3.06. The highest BCUT2D eigenvalue weighted by Crippen LogP contribution is 2.22. The molecule has 0 aliphatic carbocycles. The van der Waals surface area contributed by atoms with Gasteiger partial charge in [0.25, 0.3) is 5.91 Å². The molecule has 132 valence electrons. The molecule has 1 aliphatic rings. The third-order valence-corrected chi connectivity index (χ3v) is 5.28. The summed E-state index contributed by atoms with van der Waals surface area (Å²) in [4.78, 5) is 27.4. The lowest BCUT2D eigenvalue weighted by Gasteiger charge is -2.23. The molecule has 0 radical (unpaired) electrons. The molecule has 0 spiro atoms. The first-order valence-electron chi connectivity index (χ1n) is 8.44. The molecule has 1 atom stereocenters. The maximum atomic E-state index is 12.5. The first kappa shape index (κ1) is 17.5. The minimum absolute atomic E-state index is 0.0391. The SMILES string of the molecule is COc1ccc(CCNC(=O)C2CCCN2C(=O)c2cccs2)cc1. The molecule has 1 unspecified atom stereocenters. The van der Waals surface area contributed by atoms with Gasteiger partial charge in [-0.05, 0) is 48.4 Å². The number of benzene rings is 1. The van der Waals surface area contributed by atoms with E-state index in [1.807, 2.05) is 41.8 Å². The molecule has 1 N–H and O–H groups in total. The van der Waals surface area contributed by atoms with Crippen LogP contribution >= 0.6 is 11.3 Å². The summed E-state index contributed by atoms with van der Waals surface area (Å²) in [5.74, 6) is 0.722. The van der Waals surface area contributed by atoms with Crippen LogP contribution in [0.15, 0.2) is 41.8 Å². The fraction of sp³-hybridized carbons (Fsp3) is 0.368. The van der Waals surface area contributed by atoms with Crippen LogP contribution in [0.4, 0.5) is 0 Å². The van der Waals surface area contributed by atoms with Crippen molar-refractivity contribution in [1.29, 1.82) is 0 Å². The summed E-state index contributed by atoms with van der Waals surface area (Å²) in [6, 6.07) is 11.1. The number of likely N-dealkylation sites (tertiary alicyclic amines) is 1. The largest absolute Gasteiger partial charge is 0.497 e. The number of hydrogen-bond acceptors (Lipinski definition) is 4. The van der Waals surface area contributed by atoms with Crippen LogP contribution in [0.1, 0.15) is 28.1 Å². The molecule has 2 heterocycles. The molecule has 2 amide bonds. The van der Waals surface area contributed by atoms with Crippen LogP contribution < -0.4 is 10.1 Å². The molecule has 1 aromatic heterocycles. The zero-order valence-electron chi connectivity index (χ0n) is 14.2. The highest BCUT2D eigenvalue weighted by atomic mass is 32.1. The van der Waals surface area contributed by atoms with E-state index in [0.717, 1.165) is 30.6 Å². The van der Waals surface area contributed by atoms with E-state index in [1.165, 1.54) is 11.3 Å². The minimum atomic E-state index is -0.356. The van der Waals surface area contributed by atoms with Gasteiger partial charge in [-0.25, -0.2) is 0 Å². The molecule has 1 aromatic carbocycles. The number of nitrogens with one attached hydrogen (secondary N) is 1. The van der Waals surface area contributed by atoms with Crippen LogP contribution in [-0.4, -0.2) is 43.0 Å². The normalized spacial score (nSPS) is 16.7. The van der Waals surface area contributed by atoms with Gasteiger partial charge >= 0.3 is 0 Å². The maximum Gasteiger partial charge on any atom is 0.264 e. The third kappa shape index (κ3) is 4.20. The second-order valence-corrected chi connectivity index (χ2v) is 6.97. The highest BCUT2D eigenvalue weighted by molar-refractivity contribution is 7.12. The van der Waals surface area contributed by atoms with E-state index in [1.54, 1.807) is 12.0 Å². The molecule has 0 bridgehead atoms. The number of carbonyl (C=O) groups excluding carboxylic acids is 2. The van der Waals surface area contributed by atoms with E-state index in [2.05, 4.69) is 5.32 Å². The van der Waals surface area contributed by atoms with Gasteiger partial charge in [0.2, 0.25) is 5.91 Å². The Hall–Kier alpha value is -2.34. The number of thiophene rings is 1. The van der Waals surface area contributed by atoms with Crippen molar-refractivity contribution in [1.82, 2.24) is 10.2 Å². The molecule has 0 saturated carbocycles. The lowest BCUT2D eigenvalue weighted by atomic mass is 10.1. The smallest absolute Gasteiger partial charge is 0.264 e. The first-order valence-corrected chi connectivity index (χ1v) is 9.32. The number of nitrogens with zero attached hydrogens (tertiary/aromatic N) is 1. The van der Waals surface area contributed by atoms with Crippen molar-refractivity contribution in [2.24, 2.45) is 0 Å². The van der Waals surface area contributed by atoms with Crippen LogP contribution in [0.3, 0.4) is 0 Å². The fourth-order valence-corrected chi connectivity index (χ4v) is 3.74. The zero-order chi connectivity index (χ0) is 17.6. The minimum Gasteiger partial charge on any atom is -0.497 e. The Kier molecular flexibility index (Phi) is 5.71. The van der Waals surface area contributed by atoms with Gasteiger partial charge in [0.1, 0.15) is 11.8 Å². The van der Waals surface area contributed by atoms with Gasteiger partial charge < -0.3 is 15.0 Å². The maximum absolute atomic E-state index is 12.5. The van der Waals surface area contributed by atoms with E-state index < -0.39 is 0 Å². The number of hydrogen-bond donors (Lipinski definition) is 1. The Balaban J connectivity index is 1.52. The Morgan fingerprint density at radius 1 is 1.28 bits per heavy atom. The second-order valence-electron chi connectivity index (χ2n) is 6.02. The lowest BCUT2D eigenvalue weighted by molar-refractivity contribution is -0.124. The Labute approximate surface area is 151 Å². The molecule has 1 aliphatic heterocycles. The zero-order valence-corrected chi connectivity index (χ0v) is 15.1. The standard InChI is InChI=1S/C19H22N2O3S/c1-24-15-8-6-14(7-9-15)10-11-20-18(22)16-4-2-12-21(16)19(23)17-5-3-13-25-17/h3,5-9,13,16H,2,4,10-12H2,1H3,(H,20,22). The summed E-state index contributed by atoms with van der Waals surface area (Å²) < 4.78 is 5.14. The van der Waals surface area contributed by atoms with Crippen molar-refractivity contribution in [3.05, 3.63) is 52.2 Å². The molecule has 6 heteroatoms. The molecule has 25 heavy (non-hydrogen) atoms. The van der Waals surface area contributed by atoms with Crippen LogP contribution in [-0.2, 0) is 11.2 Å².